The van der Waals surface area contributed by atoms with Gasteiger partial charge in [0.25, 0.3) is 23.3 Å². The van der Waals surface area contributed by atoms with Crippen molar-refractivity contribution in [2.75, 3.05) is 25.4 Å². The van der Waals surface area contributed by atoms with Crippen LogP contribution in [-0.2, 0) is 29.4 Å². The van der Waals surface area contributed by atoms with E-state index in [1.807, 2.05) is 0 Å². The fourth-order valence-corrected chi connectivity index (χ4v) is 5.91. The zero-order valence-corrected chi connectivity index (χ0v) is 27.6. The summed E-state index contributed by atoms with van der Waals surface area (Å²) in [6.45, 7) is 0.753. The molecular weight excluding hydrogens is 726 g/mol. The summed E-state index contributed by atoms with van der Waals surface area (Å²) in [6.07, 6.45) is 1.70. The third-order valence-corrected chi connectivity index (χ3v) is 9.17. The number of carbonyl (C=O) groups excluding carboxylic acids is 5. The number of likely N-dealkylation sites (tertiary alicyclic amines) is 1. The molecule has 0 unspecified atom stereocenters. The van der Waals surface area contributed by atoms with Gasteiger partial charge in [0.1, 0.15) is 22.9 Å². The molecule has 24 nitrogen and oxygen atoms in total. The monoisotopic (exact) mass is 751 g/mol. The summed E-state index contributed by atoms with van der Waals surface area (Å²) < 4.78 is 28.3. The lowest BCUT2D eigenvalue weighted by Crippen LogP contribution is -2.68. The van der Waals surface area contributed by atoms with Crippen molar-refractivity contribution in [3.05, 3.63) is 55.7 Å². The lowest BCUT2D eigenvalue weighted by atomic mass is 10.1. The first-order valence-electron chi connectivity index (χ1n) is 14.1. The number of amides is 7. The topological polar surface area (TPSA) is 338 Å². The number of H-pyrrole nitrogens is 1. The summed E-state index contributed by atoms with van der Waals surface area (Å²) in [5, 5.41) is 26.6. The van der Waals surface area contributed by atoms with Gasteiger partial charge in [-0.2, -0.15) is 8.42 Å². The maximum atomic E-state index is 13.0. The Balaban J connectivity index is 1.19. The van der Waals surface area contributed by atoms with Gasteiger partial charge in [0.15, 0.2) is 16.6 Å². The molecule has 0 saturated carbocycles. The Labute approximate surface area is 287 Å². The number of hydrogen-bond donors (Lipinski definition) is 7. The van der Waals surface area contributed by atoms with E-state index in [0.29, 0.717) is 9.91 Å². The number of aromatic hydroxyl groups is 1. The molecule has 2 saturated heterocycles. The number of aliphatic carboxylic acids is 1. The Morgan fingerprint density at radius 1 is 1.18 bits per heavy atom. The molecule has 5 rings (SSSR count). The van der Waals surface area contributed by atoms with Crippen LogP contribution in [0.3, 0.4) is 0 Å². The number of nitrogens with one attached hydrogen (secondary N) is 4. The summed E-state index contributed by atoms with van der Waals surface area (Å²) in [4.78, 5) is 112. The van der Waals surface area contributed by atoms with E-state index in [1.165, 1.54) is 5.38 Å². The zero-order valence-electron chi connectivity index (χ0n) is 26.0. The minimum Gasteiger partial charge on any atom is -0.503 e. The van der Waals surface area contributed by atoms with Crippen LogP contribution in [0.2, 0.25) is 0 Å². The molecule has 0 aliphatic carbocycles. The number of carboxylic acid groups (broad SMARTS) is 1. The Bertz CT molecular complexity index is 2280. The first-order valence-corrected chi connectivity index (χ1v) is 16.4. The number of fused-ring (bicyclic) bond motifs is 1. The Morgan fingerprint density at radius 2 is 1.88 bits per heavy atom. The maximum Gasteiger partial charge on any atom is 0.353 e. The number of nitrogens with zero attached hydrogens (tertiary/aromatic N) is 6. The van der Waals surface area contributed by atoms with Crippen LogP contribution in [0.25, 0.3) is 5.65 Å². The van der Waals surface area contributed by atoms with Gasteiger partial charge in [-0.1, -0.05) is 5.16 Å². The van der Waals surface area contributed by atoms with Crippen LogP contribution in [-0.4, -0.2) is 120 Å². The lowest BCUT2D eigenvalue weighted by Gasteiger charge is -2.36. The predicted molar refractivity (Wildman–Crippen MR) is 169 cm³/mol. The predicted octanol–water partition coefficient (Wildman–Crippen LogP) is -3.32. The minimum absolute atomic E-state index is 0.0237. The van der Waals surface area contributed by atoms with Gasteiger partial charge < -0.3 is 31.1 Å². The third kappa shape index (κ3) is 6.97. The number of hydrogen-bond acceptors (Lipinski definition) is 16. The van der Waals surface area contributed by atoms with Crippen molar-refractivity contribution in [1.29, 1.82) is 0 Å². The van der Waals surface area contributed by atoms with Crippen LogP contribution in [0.1, 0.15) is 29.9 Å². The van der Waals surface area contributed by atoms with Gasteiger partial charge in [0.05, 0.1) is 25.8 Å². The molecule has 5 heterocycles. The van der Waals surface area contributed by atoms with Crippen molar-refractivity contribution in [3.8, 4) is 5.75 Å². The van der Waals surface area contributed by atoms with Crippen molar-refractivity contribution in [2.45, 2.75) is 25.5 Å². The molecule has 2 fully saturated rings. The number of imide groups is 1. The summed E-state index contributed by atoms with van der Waals surface area (Å²) >= 11 is 0.919. The van der Waals surface area contributed by atoms with Gasteiger partial charge >= 0.3 is 28.2 Å². The lowest BCUT2D eigenvalue weighted by molar-refractivity contribution is -0.161. The Morgan fingerprint density at radius 3 is 2.51 bits per heavy atom. The number of rotatable bonds is 10. The van der Waals surface area contributed by atoms with Crippen LogP contribution < -0.4 is 32.2 Å². The summed E-state index contributed by atoms with van der Waals surface area (Å²) in [6, 6.07) is -3.30. The molecule has 51 heavy (non-hydrogen) atoms. The Kier molecular flexibility index (Phi) is 9.14. The first kappa shape index (κ1) is 35.7. The van der Waals surface area contributed by atoms with Gasteiger partial charge in [-0.3, -0.25) is 38.7 Å². The molecular formula is C25H25N11O13S2. The number of anilines is 1. The third-order valence-electron chi connectivity index (χ3n) is 7.14. The number of urea groups is 2. The fraction of sp³-hybridized carbons (Fsp3) is 0.280. The van der Waals surface area contributed by atoms with E-state index in [9.17, 15) is 57.0 Å². The van der Waals surface area contributed by atoms with E-state index in [1.54, 1.807) is 4.72 Å². The van der Waals surface area contributed by atoms with Crippen LogP contribution in [0.4, 0.5) is 14.7 Å². The number of nitrogen functional groups attached to an aromatic ring is 1. The molecule has 0 spiro atoms. The number of nitrogens with two attached hydrogens (primary N) is 1. The van der Waals surface area contributed by atoms with Crippen molar-refractivity contribution in [1.82, 2.24) is 44.0 Å². The molecule has 2 aliphatic heterocycles. The van der Waals surface area contributed by atoms with Gasteiger partial charge in [0.2, 0.25) is 11.0 Å². The highest BCUT2D eigenvalue weighted by Gasteiger charge is 2.46. The number of aromatic nitrogens is 3. The minimum atomic E-state index is -4.97. The van der Waals surface area contributed by atoms with Crippen LogP contribution in [0, 0.1) is 0 Å². The quantitative estimate of drug-likeness (QED) is 0.0605. The molecule has 8 N–H and O–H groups in total. The first-order chi connectivity index (χ1) is 23.8. The molecule has 2 aliphatic rings. The Hall–Kier alpha value is -6.57. The number of β-lactam (4-membered cyclic amide) rings is 1. The van der Waals surface area contributed by atoms with Crippen molar-refractivity contribution < 1.29 is 52.2 Å². The molecule has 7 amide bonds. The van der Waals surface area contributed by atoms with Crippen LogP contribution in [0.5, 0.6) is 5.75 Å². The van der Waals surface area contributed by atoms with Crippen molar-refractivity contribution >= 4 is 73.8 Å². The van der Waals surface area contributed by atoms with Crippen molar-refractivity contribution in [2.24, 2.45) is 5.16 Å². The molecule has 3 aromatic heterocycles. The van der Waals surface area contributed by atoms with E-state index in [4.69, 9.17) is 10.6 Å². The van der Waals surface area contributed by atoms with E-state index in [0.717, 1.165) is 48.0 Å². The fourth-order valence-electron chi connectivity index (χ4n) is 4.29. The normalized spacial score (nSPS) is 16.5. The summed E-state index contributed by atoms with van der Waals surface area (Å²) in [5.41, 5.74) is 2.67. The average molecular weight is 752 g/mol. The number of aromatic amines is 1. The highest BCUT2D eigenvalue weighted by Crippen LogP contribution is 2.18. The number of thiazole rings is 1. The highest BCUT2D eigenvalue weighted by molar-refractivity contribution is 7.88. The average Bonchev–Trinajstić information content (AvgIpc) is 3.64. The molecule has 0 radical (unpaired) electrons. The summed E-state index contributed by atoms with van der Waals surface area (Å²) in [5.74, 6) is -5.51. The van der Waals surface area contributed by atoms with Gasteiger partial charge in [0, 0.05) is 17.6 Å². The SMILES string of the molecule is CC(C)(ON=C(C(=O)N[C@H]1CN(C(=O)NS(=O)(=O)N2CCN(NC(=O)c3c[nH]c4cc(=O)c(O)cn4c3=O)C2=O)C1=O)c1csc(N)n1)C(=O)O. The maximum absolute atomic E-state index is 13.0. The standard InChI is InChI=1S/C25H25N11O13S2/c1-25(2,21(43)44)49-31-16(12-9-50-22(26)29-12)18(40)28-11-7-34(20(11)42)23(45)32-51(47,48)36-4-3-35(24(36)46)30-17(39)10-6-27-15-5-13(37)14(38)8-33(15)19(10)41/h5-6,8-9,11,27,38H,3-4,7H2,1-2H3,(H2,26,29)(H,28,40)(H,30,39)(H,32,45)(H,43,44)/t11-/m0/s1. The molecule has 3 aromatic rings. The van der Waals surface area contributed by atoms with E-state index in [-0.39, 0.29) is 20.8 Å². The van der Waals surface area contributed by atoms with Gasteiger partial charge in [-0.15, -0.1) is 11.3 Å². The summed E-state index contributed by atoms with van der Waals surface area (Å²) in [7, 11) is -4.97. The molecule has 0 aromatic carbocycles. The van der Waals surface area contributed by atoms with Gasteiger partial charge in [-0.05, 0) is 13.8 Å². The number of pyridine rings is 1. The molecule has 1 atom stereocenters. The largest absolute Gasteiger partial charge is 0.503 e. The van der Waals surface area contributed by atoms with Crippen LogP contribution in [0.15, 0.2) is 38.6 Å². The van der Waals surface area contributed by atoms with E-state index < -0.39 is 105 Å². The number of carbonyl (C=O) groups is 6. The van der Waals surface area contributed by atoms with Crippen LogP contribution >= 0.6 is 11.3 Å². The molecule has 270 valence electrons. The second kappa shape index (κ2) is 13.0. The number of carboxylic acids is 1. The number of hydrazine groups is 1. The molecule has 26 heteroatoms. The van der Waals surface area contributed by atoms with E-state index >= 15 is 0 Å². The van der Waals surface area contributed by atoms with Gasteiger partial charge in [-0.25, -0.2) is 33.4 Å². The zero-order chi connectivity index (χ0) is 37.6. The van der Waals surface area contributed by atoms with E-state index in [2.05, 4.69) is 25.9 Å². The highest BCUT2D eigenvalue weighted by atomic mass is 32.2. The second-order valence-electron chi connectivity index (χ2n) is 11.0. The second-order valence-corrected chi connectivity index (χ2v) is 13.5. The molecule has 0 bridgehead atoms. The number of oxime groups is 1. The smallest absolute Gasteiger partial charge is 0.353 e. The van der Waals surface area contributed by atoms with Crippen molar-refractivity contribution in [3.63, 3.8) is 0 Å².